The number of hydrogen-bond donors (Lipinski definition) is 1. The molecule has 0 radical (unpaired) electrons. The van der Waals surface area contributed by atoms with Crippen molar-refractivity contribution in [2.75, 3.05) is 51.4 Å². The molecule has 1 N–H and O–H groups in total. The number of piperazine rings is 1. The van der Waals surface area contributed by atoms with Crippen LogP contribution in [-0.4, -0.2) is 46.5 Å². The van der Waals surface area contributed by atoms with Crippen molar-refractivity contribution in [3.05, 3.63) is 24.3 Å². The Morgan fingerprint density at radius 2 is 1.68 bits per heavy atom. The van der Waals surface area contributed by atoms with Crippen LogP contribution in [0.15, 0.2) is 24.3 Å². The maximum atomic E-state index is 5.53. The first-order valence-electron chi connectivity index (χ1n) is 6.07. The number of benzene rings is 1. The van der Waals surface area contributed by atoms with Gasteiger partial charge in [-0.2, -0.15) is 0 Å². The van der Waals surface area contributed by atoms with Gasteiger partial charge in [-0.1, -0.05) is 0 Å². The Morgan fingerprint density at radius 1 is 1.05 bits per heavy atom. The van der Waals surface area contributed by atoms with Gasteiger partial charge in [0, 0.05) is 39.0 Å². The molecular formula is C13H22Cl2N2O2. The van der Waals surface area contributed by atoms with Gasteiger partial charge in [0.15, 0.2) is 0 Å². The maximum absolute atomic E-state index is 5.53. The van der Waals surface area contributed by atoms with Crippen molar-refractivity contribution in [2.24, 2.45) is 0 Å². The second-order valence-corrected chi connectivity index (χ2v) is 4.07. The first-order chi connectivity index (χ1) is 8.40. The van der Waals surface area contributed by atoms with Crippen molar-refractivity contribution in [3.8, 4) is 5.75 Å². The zero-order valence-corrected chi connectivity index (χ0v) is 12.8. The molecule has 0 aromatic heterocycles. The van der Waals surface area contributed by atoms with Gasteiger partial charge in [-0.25, -0.2) is 0 Å². The van der Waals surface area contributed by atoms with Gasteiger partial charge in [0.25, 0.3) is 0 Å². The molecule has 19 heavy (non-hydrogen) atoms. The predicted octanol–water partition coefficient (Wildman–Crippen LogP) is 1.97. The highest BCUT2D eigenvalue weighted by Gasteiger charge is 2.09. The van der Waals surface area contributed by atoms with E-state index >= 15 is 0 Å². The lowest BCUT2D eigenvalue weighted by atomic mass is 10.2. The molecule has 0 unspecified atom stereocenters. The second-order valence-electron chi connectivity index (χ2n) is 4.07. The van der Waals surface area contributed by atoms with Crippen LogP contribution in [0.25, 0.3) is 0 Å². The van der Waals surface area contributed by atoms with Gasteiger partial charge in [0.05, 0.1) is 6.61 Å². The summed E-state index contributed by atoms with van der Waals surface area (Å²) in [6.07, 6.45) is 0. The van der Waals surface area contributed by atoms with Gasteiger partial charge in [-0.05, 0) is 24.3 Å². The molecule has 110 valence electrons. The van der Waals surface area contributed by atoms with E-state index in [9.17, 15) is 0 Å². The highest BCUT2D eigenvalue weighted by Crippen LogP contribution is 2.19. The molecule has 6 heteroatoms. The van der Waals surface area contributed by atoms with Crippen molar-refractivity contribution < 1.29 is 9.47 Å². The van der Waals surface area contributed by atoms with Gasteiger partial charge in [-0.15, -0.1) is 24.8 Å². The fourth-order valence-electron chi connectivity index (χ4n) is 1.92. The fourth-order valence-corrected chi connectivity index (χ4v) is 1.92. The van der Waals surface area contributed by atoms with E-state index in [1.54, 1.807) is 7.11 Å². The van der Waals surface area contributed by atoms with Gasteiger partial charge in [-0.3, -0.25) is 0 Å². The third-order valence-electron chi connectivity index (χ3n) is 2.88. The lowest BCUT2D eigenvalue weighted by Crippen LogP contribution is -2.43. The van der Waals surface area contributed by atoms with E-state index in [1.165, 1.54) is 5.69 Å². The standard InChI is InChI=1S/C13H20N2O2.2ClH/c1-16-10-11-17-13-4-2-12(3-5-13)15-8-6-14-7-9-15;;/h2-5,14H,6-11H2,1H3;2*1H. The van der Waals surface area contributed by atoms with Crippen molar-refractivity contribution in [1.29, 1.82) is 0 Å². The van der Waals surface area contributed by atoms with E-state index in [4.69, 9.17) is 9.47 Å². The van der Waals surface area contributed by atoms with Crippen LogP contribution in [0.2, 0.25) is 0 Å². The summed E-state index contributed by atoms with van der Waals surface area (Å²) in [6, 6.07) is 8.28. The van der Waals surface area contributed by atoms with Crippen LogP contribution in [0.3, 0.4) is 0 Å². The smallest absolute Gasteiger partial charge is 0.119 e. The molecule has 1 aromatic carbocycles. The van der Waals surface area contributed by atoms with Crippen LogP contribution in [0.5, 0.6) is 5.75 Å². The second kappa shape index (κ2) is 10.1. The zero-order chi connectivity index (χ0) is 11.9. The monoisotopic (exact) mass is 308 g/mol. The lowest BCUT2D eigenvalue weighted by Gasteiger charge is -2.29. The van der Waals surface area contributed by atoms with E-state index in [0.29, 0.717) is 13.2 Å². The van der Waals surface area contributed by atoms with Crippen molar-refractivity contribution in [3.63, 3.8) is 0 Å². The van der Waals surface area contributed by atoms with E-state index in [1.807, 2.05) is 12.1 Å². The molecular weight excluding hydrogens is 287 g/mol. The van der Waals surface area contributed by atoms with Crippen molar-refractivity contribution in [2.45, 2.75) is 0 Å². The largest absolute Gasteiger partial charge is 0.491 e. The number of hydrogen-bond acceptors (Lipinski definition) is 4. The number of nitrogens with one attached hydrogen (secondary N) is 1. The Kier molecular flexibility index (Phi) is 9.79. The number of anilines is 1. The Labute approximate surface area is 127 Å². The first-order valence-corrected chi connectivity index (χ1v) is 6.07. The molecule has 0 aliphatic carbocycles. The zero-order valence-electron chi connectivity index (χ0n) is 11.1. The Hall–Kier alpha value is -0.680. The van der Waals surface area contributed by atoms with E-state index in [0.717, 1.165) is 31.9 Å². The Morgan fingerprint density at radius 3 is 2.26 bits per heavy atom. The van der Waals surface area contributed by atoms with Crippen molar-refractivity contribution in [1.82, 2.24) is 5.32 Å². The molecule has 1 aromatic rings. The van der Waals surface area contributed by atoms with Crippen LogP contribution in [0.4, 0.5) is 5.69 Å². The molecule has 0 atom stereocenters. The van der Waals surface area contributed by atoms with Crippen LogP contribution in [0, 0.1) is 0 Å². The molecule has 0 bridgehead atoms. The normalized spacial score (nSPS) is 14.3. The summed E-state index contributed by atoms with van der Waals surface area (Å²) < 4.78 is 10.5. The summed E-state index contributed by atoms with van der Waals surface area (Å²) in [5.41, 5.74) is 1.27. The van der Waals surface area contributed by atoms with Gasteiger partial charge in [0.1, 0.15) is 12.4 Å². The van der Waals surface area contributed by atoms with E-state index < -0.39 is 0 Å². The van der Waals surface area contributed by atoms with Gasteiger partial charge >= 0.3 is 0 Å². The minimum atomic E-state index is 0. The summed E-state index contributed by atoms with van der Waals surface area (Å²) in [5.74, 6) is 0.904. The number of rotatable bonds is 5. The minimum absolute atomic E-state index is 0. The number of methoxy groups -OCH3 is 1. The summed E-state index contributed by atoms with van der Waals surface area (Å²) in [6.45, 7) is 5.50. The lowest BCUT2D eigenvalue weighted by molar-refractivity contribution is 0.146. The SMILES string of the molecule is COCCOc1ccc(N2CCNCC2)cc1.Cl.Cl. The topological polar surface area (TPSA) is 33.7 Å². The average molecular weight is 309 g/mol. The number of nitrogens with zero attached hydrogens (tertiary/aromatic N) is 1. The van der Waals surface area contributed by atoms with Crippen LogP contribution >= 0.6 is 24.8 Å². The minimum Gasteiger partial charge on any atom is -0.491 e. The van der Waals surface area contributed by atoms with Crippen LogP contribution in [0.1, 0.15) is 0 Å². The summed E-state index contributed by atoms with van der Waals surface area (Å²) in [5, 5.41) is 3.35. The number of halogens is 2. The first kappa shape index (κ1) is 18.3. The molecule has 0 amide bonds. The summed E-state index contributed by atoms with van der Waals surface area (Å²) in [7, 11) is 1.68. The third-order valence-corrected chi connectivity index (χ3v) is 2.88. The molecule has 2 rings (SSSR count). The maximum Gasteiger partial charge on any atom is 0.119 e. The molecule has 1 heterocycles. The summed E-state index contributed by atoms with van der Waals surface area (Å²) >= 11 is 0. The van der Waals surface area contributed by atoms with E-state index in [2.05, 4.69) is 22.3 Å². The van der Waals surface area contributed by atoms with Crippen LogP contribution < -0.4 is 15.0 Å². The third kappa shape index (κ3) is 5.87. The predicted molar refractivity (Wildman–Crippen MR) is 83.4 cm³/mol. The molecule has 1 saturated heterocycles. The van der Waals surface area contributed by atoms with Gasteiger partial charge < -0.3 is 19.7 Å². The highest BCUT2D eigenvalue weighted by atomic mass is 35.5. The molecule has 1 fully saturated rings. The number of ether oxygens (including phenoxy) is 2. The Balaban J connectivity index is 0.00000162. The van der Waals surface area contributed by atoms with Crippen LogP contribution in [-0.2, 0) is 4.74 Å². The van der Waals surface area contributed by atoms with E-state index in [-0.39, 0.29) is 24.8 Å². The van der Waals surface area contributed by atoms with Gasteiger partial charge in [0.2, 0.25) is 0 Å². The molecule has 1 aliphatic rings. The van der Waals surface area contributed by atoms with Crippen molar-refractivity contribution >= 4 is 30.5 Å². The Bertz CT molecular complexity index is 330. The fraction of sp³-hybridized carbons (Fsp3) is 0.538. The molecule has 1 aliphatic heterocycles. The average Bonchev–Trinajstić information content (AvgIpc) is 2.41. The highest BCUT2D eigenvalue weighted by molar-refractivity contribution is 5.85. The molecule has 0 spiro atoms. The quantitative estimate of drug-likeness (QED) is 0.843. The molecule has 4 nitrogen and oxygen atoms in total. The molecule has 0 saturated carbocycles. The summed E-state index contributed by atoms with van der Waals surface area (Å²) in [4.78, 5) is 2.38.